The molecular formula is C16H19BrN2O. The molecule has 0 saturated heterocycles. The molecule has 0 aliphatic carbocycles. The van der Waals surface area contributed by atoms with E-state index in [9.17, 15) is 0 Å². The number of nitrogens with two attached hydrogens (primary N) is 1. The molecular weight excluding hydrogens is 316 g/mol. The van der Waals surface area contributed by atoms with Crippen molar-refractivity contribution in [1.82, 2.24) is 0 Å². The van der Waals surface area contributed by atoms with Crippen molar-refractivity contribution in [1.29, 1.82) is 0 Å². The molecule has 0 unspecified atom stereocenters. The molecule has 2 N–H and O–H groups in total. The monoisotopic (exact) mass is 334 g/mol. The smallest absolute Gasteiger partial charge is 0.145 e. The Morgan fingerprint density at radius 2 is 1.80 bits per heavy atom. The lowest BCUT2D eigenvalue weighted by molar-refractivity contribution is 0.412. The van der Waals surface area contributed by atoms with Crippen LogP contribution < -0.4 is 15.4 Å². The van der Waals surface area contributed by atoms with Gasteiger partial charge >= 0.3 is 0 Å². The molecule has 0 amide bonds. The van der Waals surface area contributed by atoms with Gasteiger partial charge < -0.3 is 15.4 Å². The standard InChI is InChI=1S/C16H19BrN2O/c1-10-7-11(2)16(20-4)15(8-10)19(3)14-6-5-12(17)9-13(14)18/h5-9H,18H2,1-4H3. The fraction of sp³-hybridized carbons (Fsp3) is 0.250. The summed E-state index contributed by atoms with van der Waals surface area (Å²) in [6.07, 6.45) is 0. The molecule has 0 spiro atoms. The Morgan fingerprint density at radius 3 is 2.40 bits per heavy atom. The Hall–Kier alpha value is -1.68. The molecule has 20 heavy (non-hydrogen) atoms. The summed E-state index contributed by atoms with van der Waals surface area (Å²) in [6.45, 7) is 4.13. The topological polar surface area (TPSA) is 38.5 Å². The fourth-order valence-corrected chi connectivity index (χ4v) is 2.79. The van der Waals surface area contributed by atoms with E-state index in [2.05, 4.69) is 39.9 Å². The maximum Gasteiger partial charge on any atom is 0.145 e. The highest BCUT2D eigenvalue weighted by Gasteiger charge is 2.15. The van der Waals surface area contributed by atoms with Crippen molar-refractivity contribution in [2.45, 2.75) is 13.8 Å². The highest BCUT2D eigenvalue weighted by atomic mass is 79.9. The van der Waals surface area contributed by atoms with Crippen molar-refractivity contribution in [3.63, 3.8) is 0 Å². The molecule has 106 valence electrons. The van der Waals surface area contributed by atoms with Gasteiger partial charge in [-0.15, -0.1) is 0 Å². The molecule has 0 atom stereocenters. The Labute approximate surface area is 128 Å². The zero-order valence-corrected chi connectivity index (χ0v) is 13.8. The van der Waals surface area contributed by atoms with Crippen molar-refractivity contribution in [3.8, 4) is 5.75 Å². The molecule has 0 fully saturated rings. The van der Waals surface area contributed by atoms with Gasteiger partial charge in [-0.1, -0.05) is 22.0 Å². The number of hydrogen-bond acceptors (Lipinski definition) is 3. The van der Waals surface area contributed by atoms with Gasteiger partial charge in [-0.05, 0) is 49.2 Å². The van der Waals surface area contributed by atoms with Crippen molar-refractivity contribution in [2.75, 3.05) is 24.8 Å². The number of anilines is 3. The molecule has 4 heteroatoms. The van der Waals surface area contributed by atoms with Gasteiger partial charge in [0.1, 0.15) is 5.75 Å². The summed E-state index contributed by atoms with van der Waals surface area (Å²) in [7, 11) is 3.69. The minimum absolute atomic E-state index is 0.725. The normalized spacial score (nSPS) is 10.4. The van der Waals surface area contributed by atoms with Crippen LogP contribution in [0, 0.1) is 13.8 Å². The van der Waals surface area contributed by atoms with E-state index in [-0.39, 0.29) is 0 Å². The fourth-order valence-electron chi connectivity index (χ4n) is 2.41. The van der Waals surface area contributed by atoms with Gasteiger partial charge in [-0.25, -0.2) is 0 Å². The summed E-state index contributed by atoms with van der Waals surface area (Å²) in [5, 5.41) is 0. The van der Waals surface area contributed by atoms with Crippen LogP contribution in [0.4, 0.5) is 17.1 Å². The number of rotatable bonds is 3. The van der Waals surface area contributed by atoms with E-state index in [4.69, 9.17) is 10.5 Å². The van der Waals surface area contributed by atoms with Crippen molar-refractivity contribution < 1.29 is 4.74 Å². The van der Waals surface area contributed by atoms with Gasteiger partial charge in [0.2, 0.25) is 0 Å². The van der Waals surface area contributed by atoms with Crippen LogP contribution in [0.5, 0.6) is 5.75 Å². The third-order valence-electron chi connectivity index (χ3n) is 3.32. The van der Waals surface area contributed by atoms with Crippen molar-refractivity contribution >= 4 is 33.0 Å². The second kappa shape index (κ2) is 5.75. The van der Waals surface area contributed by atoms with E-state index in [1.54, 1.807) is 7.11 Å². The van der Waals surface area contributed by atoms with Crippen LogP contribution in [-0.2, 0) is 0 Å². The first-order valence-electron chi connectivity index (χ1n) is 6.38. The minimum atomic E-state index is 0.725. The van der Waals surface area contributed by atoms with Gasteiger partial charge in [0, 0.05) is 11.5 Å². The number of benzene rings is 2. The molecule has 0 heterocycles. The van der Waals surface area contributed by atoms with Crippen LogP contribution in [-0.4, -0.2) is 14.2 Å². The number of ether oxygens (including phenoxy) is 1. The largest absolute Gasteiger partial charge is 0.494 e. The quantitative estimate of drug-likeness (QED) is 0.844. The van der Waals surface area contributed by atoms with Gasteiger partial charge in [0.15, 0.2) is 0 Å². The van der Waals surface area contributed by atoms with Crippen molar-refractivity contribution in [2.24, 2.45) is 0 Å². The van der Waals surface area contributed by atoms with Gasteiger partial charge in [-0.2, -0.15) is 0 Å². The van der Waals surface area contributed by atoms with E-state index in [0.717, 1.165) is 32.8 Å². The van der Waals surface area contributed by atoms with Gasteiger partial charge in [0.25, 0.3) is 0 Å². The number of nitrogen functional groups attached to an aromatic ring is 1. The molecule has 0 aromatic heterocycles. The molecule has 0 aliphatic heterocycles. The van der Waals surface area contributed by atoms with Crippen LogP contribution in [0.15, 0.2) is 34.8 Å². The third kappa shape index (κ3) is 2.75. The van der Waals surface area contributed by atoms with E-state index >= 15 is 0 Å². The van der Waals surface area contributed by atoms with Gasteiger partial charge in [-0.3, -0.25) is 0 Å². The zero-order chi connectivity index (χ0) is 14.9. The van der Waals surface area contributed by atoms with Crippen LogP contribution >= 0.6 is 15.9 Å². The Morgan fingerprint density at radius 1 is 1.10 bits per heavy atom. The first-order chi connectivity index (χ1) is 9.43. The second-order valence-corrected chi connectivity index (χ2v) is 5.81. The summed E-state index contributed by atoms with van der Waals surface area (Å²) in [4.78, 5) is 2.06. The maximum absolute atomic E-state index is 6.11. The van der Waals surface area contributed by atoms with Crippen LogP contribution in [0.2, 0.25) is 0 Å². The summed E-state index contributed by atoms with van der Waals surface area (Å²) in [5.74, 6) is 0.875. The predicted molar refractivity (Wildman–Crippen MR) is 89.1 cm³/mol. The lowest BCUT2D eigenvalue weighted by Crippen LogP contribution is -2.13. The second-order valence-electron chi connectivity index (χ2n) is 4.90. The minimum Gasteiger partial charge on any atom is -0.494 e. The number of halogens is 1. The predicted octanol–water partition coefficient (Wildman–Crippen LogP) is 4.42. The van der Waals surface area contributed by atoms with Crippen LogP contribution in [0.3, 0.4) is 0 Å². The zero-order valence-electron chi connectivity index (χ0n) is 12.2. The first-order valence-corrected chi connectivity index (χ1v) is 7.17. The Kier molecular flexibility index (Phi) is 4.23. The average Bonchev–Trinajstić information content (AvgIpc) is 2.37. The molecule has 2 rings (SSSR count). The SMILES string of the molecule is COc1c(C)cc(C)cc1N(C)c1ccc(Br)cc1N. The summed E-state index contributed by atoms with van der Waals surface area (Å²) < 4.78 is 6.52. The maximum atomic E-state index is 6.11. The van der Waals surface area contributed by atoms with Crippen LogP contribution in [0.25, 0.3) is 0 Å². The number of aryl methyl sites for hydroxylation is 2. The molecule has 0 aliphatic rings. The molecule has 2 aromatic rings. The Balaban J connectivity index is 2.55. The molecule has 2 aromatic carbocycles. The number of nitrogens with zero attached hydrogens (tertiary/aromatic N) is 1. The van der Waals surface area contributed by atoms with E-state index < -0.39 is 0 Å². The highest BCUT2D eigenvalue weighted by molar-refractivity contribution is 9.10. The lowest BCUT2D eigenvalue weighted by Gasteiger charge is -2.25. The van der Waals surface area contributed by atoms with Gasteiger partial charge in [0.05, 0.1) is 24.2 Å². The summed E-state index contributed by atoms with van der Waals surface area (Å²) in [5.41, 5.74) is 11.1. The van der Waals surface area contributed by atoms with E-state index in [0.29, 0.717) is 0 Å². The molecule has 0 bridgehead atoms. The summed E-state index contributed by atoms with van der Waals surface area (Å²) in [6, 6.07) is 10.1. The number of methoxy groups -OCH3 is 1. The molecule has 3 nitrogen and oxygen atoms in total. The highest BCUT2D eigenvalue weighted by Crippen LogP contribution is 2.38. The Bertz CT molecular complexity index is 641. The number of hydrogen-bond donors (Lipinski definition) is 1. The lowest BCUT2D eigenvalue weighted by atomic mass is 10.1. The third-order valence-corrected chi connectivity index (χ3v) is 3.81. The molecule has 0 saturated carbocycles. The average molecular weight is 335 g/mol. The van der Waals surface area contributed by atoms with Crippen molar-refractivity contribution in [3.05, 3.63) is 45.9 Å². The van der Waals surface area contributed by atoms with E-state index in [1.165, 1.54) is 5.56 Å². The first kappa shape index (κ1) is 14.7. The summed E-state index contributed by atoms with van der Waals surface area (Å²) >= 11 is 3.43. The van der Waals surface area contributed by atoms with Crippen LogP contribution in [0.1, 0.15) is 11.1 Å². The van der Waals surface area contributed by atoms with E-state index in [1.807, 2.05) is 32.2 Å². The molecule has 0 radical (unpaired) electrons.